The van der Waals surface area contributed by atoms with E-state index in [1.165, 1.54) is 6.07 Å². The molecule has 4 heteroatoms. The van der Waals surface area contributed by atoms with Gasteiger partial charge in [-0.15, -0.1) is 0 Å². The fraction of sp³-hybridized carbons (Fsp3) is 0.250. The van der Waals surface area contributed by atoms with Crippen LogP contribution < -0.4 is 15.2 Å². The zero-order valence-electron chi connectivity index (χ0n) is 11.8. The molecule has 0 aliphatic heterocycles. The Morgan fingerprint density at radius 3 is 2.45 bits per heavy atom. The molecule has 0 saturated heterocycles. The molecule has 2 aromatic rings. The lowest BCUT2D eigenvalue weighted by molar-refractivity contribution is 0.397. The van der Waals surface area contributed by atoms with Crippen molar-refractivity contribution in [3.63, 3.8) is 0 Å². The van der Waals surface area contributed by atoms with Crippen molar-refractivity contribution in [1.29, 1.82) is 0 Å². The summed E-state index contributed by atoms with van der Waals surface area (Å²) in [7, 11) is 1.59. The molecule has 0 fully saturated rings. The molecule has 3 nitrogen and oxygen atoms in total. The first-order valence-electron chi connectivity index (χ1n) is 6.39. The lowest BCUT2D eigenvalue weighted by atomic mass is 10.1. The summed E-state index contributed by atoms with van der Waals surface area (Å²) >= 11 is 0. The summed E-state index contributed by atoms with van der Waals surface area (Å²) in [5.74, 6) is 1.61. The highest BCUT2D eigenvalue weighted by atomic mass is 19.1. The van der Waals surface area contributed by atoms with Crippen molar-refractivity contribution in [2.24, 2.45) is 5.73 Å². The molecule has 0 radical (unpaired) electrons. The average molecular weight is 275 g/mol. The minimum Gasteiger partial charge on any atom is -0.496 e. The summed E-state index contributed by atoms with van der Waals surface area (Å²) < 4.78 is 24.4. The first-order chi connectivity index (χ1) is 9.52. The first-order valence-corrected chi connectivity index (χ1v) is 6.39. The van der Waals surface area contributed by atoms with Gasteiger partial charge in [-0.05, 0) is 49.7 Å². The Morgan fingerprint density at radius 1 is 1.15 bits per heavy atom. The normalized spacial score (nSPS) is 12.1. The number of hydrogen-bond acceptors (Lipinski definition) is 3. The number of benzene rings is 2. The van der Waals surface area contributed by atoms with E-state index < -0.39 is 0 Å². The van der Waals surface area contributed by atoms with Crippen LogP contribution in [0.15, 0.2) is 36.4 Å². The summed E-state index contributed by atoms with van der Waals surface area (Å²) in [6.07, 6.45) is 0. The number of ether oxygens (including phenoxy) is 2. The van der Waals surface area contributed by atoms with E-state index in [9.17, 15) is 4.39 Å². The molecule has 0 bridgehead atoms. The van der Waals surface area contributed by atoms with Gasteiger partial charge < -0.3 is 15.2 Å². The van der Waals surface area contributed by atoms with Crippen LogP contribution in [-0.2, 0) is 0 Å². The monoisotopic (exact) mass is 275 g/mol. The highest BCUT2D eigenvalue weighted by Crippen LogP contribution is 2.35. The van der Waals surface area contributed by atoms with Crippen LogP contribution in [0, 0.1) is 12.7 Å². The Bertz CT molecular complexity index is 611. The van der Waals surface area contributed by atoms with Gasteiger partial charge in [0.2, 0.25) is 0 Å². The van der Waals surface area contributed by atoms with Gasteiger partial charge in [-0.2, -0.15) is 0 Å². The minimum atomic E-state index is -0.254. The summed E-state index contributed by atoms with van der Waals surface area (Å²) in [5, 5.41) is 0. The lowest BCUT2D eigenvalue weighted by Gasteiger charge is -2.17. The Labute approximate surface area is 118 Å². The number of methoxy groups -OCH3 is 1. The minimum absolute atomic E-state index is 0.234. The van der Waals surface area contributed by atoms with E-state index in [1.54, 1.807) is 26.2 Å². The van der Waals surface area contributed by atoms with Gasteiger partial charge in [-0.25, -0.2) is 4.39 Å². The third-order valence-corrected chi connectivity index (χ3v) is 3.06. The Kier molecular flexibility index (Phi) is 4.25. The largest absolute Gasteiger partial charge is 0.496 e. The molecule has 2 N–H and O–H groups in total. The third kappa shape index (κ3) is 2.91. The zero-order valence-corrected chi connectivity index (χ0v) is 11.8. The SMILES string of the molecule is COc1cccc(Oc2ccc(F)c(C)c2)c1[C@H](C)N. The van der Waals surface area contributed by atoms with Crippen molar-refractivity contribution in [3.8, 4) is 17.2 Å². The molecule has 1 atom stereocenters. The maximum absolute atomic E-state index is 13.3. The van der Waals surface area contributed by atoms with E-state index >= 15 is 0 Å². The second-order valence-electron chi connectivity index (χ2n) is 4.67. The number of aryl methyl sites for hydroxylation is 1. The molecule has 20 heavy (non-hydrogen) atoms. The van der Waals surface area contributed by atoms with Crippen molar-refractivity contribution < 1.29 is 13.9 Å². The molecule has 0 aliphatic rings. The topological polar surface area (TPSA) is 44.5 Å². The quantitative estimate of drug-likeness (QED) is 0.918. The van der Waals surface area contributed by atoms with Crippen molar-refractivity contribution in [1.82, 2.24) is 0 Å². The van der Waals surface area contributed by atoms with Gasteiger partial charge in [-0.1, -0.05) is 6.07 Å². The second-order valence-corrected chi connectivity index (χ2v) is 4.67. The number of nitrogens with two attached hydrogens (primary N) is 1. The van der Waals surface area contributed by atoms with E-state index in [0.717, 1.165) is 5.56 Å². The van der Waals surface area contributed by atoms with Gasteiger partial charge in [0.1, 0.15) is 23.1 Å². The van der Waals surface area contributed by atoms with E-state index in [-0.39, 0.29) is 11.9 Å². The highest BCUT2D eigenvalue weighted by Gasteiger charge is 2.15. The molecule has 2 aromatic carbocycles. The van der Waals surface area contributed by atoms with Gasteiger partial charge >= 0.3 is 0 Å². The van der Waals surface area contributed by atoms with Crippen molar-refractivity contribution in [2.45, 2.75) is 19.9 Å². The molecule has 0 aliphatic carbocycles. The highest BCUT2D eigenvalue weighted by molar-refractivity contribution is 5.48. The predicted molar refractivity (Wildman–Crippen MR) is 76.8 cm³/mol. The molecular weight excluding hydrogens is 257 g/mol. The van der Waals surface area contributed by atoms with Crippen LogP contribution in [0.1, 0.15) is 24.1 Å². The van der Waals surface area contributed by atoms with Crippen molar-refractivity contribution in [3.05, 3.63) is 53.3 Å². The van der Waals surface area contributed by atoms with E-state index in [2.05, 4.69) is 0 Å². The van der Waals surface area contributed by atoms with E-state index in [1.807, 2.05) is 25.1 Å². The maximum Gasteiger partial charge on any atom is 0.135 e. The molecule has 0 heterocycles. The smallest absolute Gasteiger partial charge is 0.135 e. The van der Waals surface area contributed by atoms with Crippen LogP contribution >= 0.6 is 0 Å². The number of halogens is 1. The van der Waals surface area contributed by atoms with Crippen LogP contribution in [0.3, 0.4) is 0 Å². The summed E-state index contributed by atoms with van der Waals surface area (Å²) in [6, 6.07) is 9.88. The zero-order chi connectivity index (χ0) is 14.7. The third-order valence-electron chi connectivity index (χ3n) is 3.06. The summed E-state index contributed by atoms with van der Waals surface area (Å²) in [6.45, 7) is 3.56. The Balaban J connectivity index is 2.40. The van der Waals surface area contributed by atoms with Crippen molar-refractivity contribution >= 4 is 0 Å². The van der Waals surface area contributed by atoms with Gasteiger partial charge in [0.15, 0.2) is 0 Å². The maximum atomic E-state index is 13.3. The molecule has 2 rings (SSSR count). The predicted octanol–water partition coefficient (Wildman–Crippen LogP) is 3.95. The lowest BCUT2D eigenvalue weighted by Crippen LogP contribution is -2.08. The van der Waals surface area contributed by atoms with Gasteiger partial charge in [0.05, 0.1) is 12.7 Å². The van der Waals surface area contributed by atoms with Crippen LogP contribution in [0.5, 0.6) is 17.2 Å². The van der Waals surface area contributed by atoms with E-state index in [0.29, 0.717) is 22.8 Å². The molecule has 0 saturated carbocycles. The summed E-state index contributed by atoms with van der Waals surface area (Å²) in [4.78, 5) is 0. The first kappa shape index (κ1) is 14.3. The summed E-state index contributed by atoms with van der Waals surface area (Å²) in [5.41, 5.74) is 7.30. The fourth-order valence-electron chi connectivity index (χ4n) is 2.05. The van der Waals surface area contributed by atoms with Crippen LogP contribution in [0.2, 0.25) is 0 Å². The molecule has 0 spiro atoms. The van der Waals surface area contributed by atoms with Gasteiger partial charge in [0, 0.05) is 6.04 Å². The van der Waals surface area contributed by atoms with Gasteiger partial charge in [0.25, 0.3) is 0 Å². The number of rotatable bonds is 4. The molecule has 106 valence electrons. The fourth-order valence-corrected chi connectivity index (χ4v) is 2.05. The standard InChI is InChI=1S/C16H18FNO2/c1-10-9-12(7-8-13(10)17)20-15-6-4-5-14(19-3)16(15)11(2)18/h4-9,11H,18H2,1-3H3/t11-/m0/s1. The second kappa shape index (κ2) is 5.92. The van der Waals surface area contributed by atoms with Gasteiger partial charge in [-0.3, -0.25) is 0 Å². The van der Waals surface area contributed by atoms with Crippen molar-refractivity contribution in [2.75, 3.05) is 7.11 Å². The average Bonchev–Trinajstić information content (AvgIpc) is 2.42. The van der Waals surface area contributed by atoms with Crippen LogP contribution in [-0.4, -0.2) is 7.11 Å². The molecule has 0 amide bonds. The Morgan fingerprint density at radius 2 is 1.85 bits per heavy atom. The number of hydrogen-bond donors (Lipinski definition) is 1. The van der Waals surface area contributed by atoms with Crippen LogP contribution in [0.4, 0.5) is 4.39 Å². The van der Waals surface area contributed by atoms with E-state index in [4.69, 9.17) is 15.2 Å². The Hall–Kier alpha value is -2.07. The molecular formula is C16H18FNO2. The molecule has 0 unspecified atom stereocenters. The molecule has 0 aromatic heterocycles. The van der Waals surface area contributed by atoms with Crippen LogP contribution in [0.25, 0.3) is 0 Å².